The summed E-state index contributed by atoms with van der Waals surface area (Å²) < 4.78 is 0. The van der Waals surface area contributed by atoms with Gasteiger partial charge in [-0.2, -0.15) is 0 Å². The second kappa shape index (κ2) is 10.8. The molecule has 8 bridgehead atoms. The summed E-state index contributed by atoms with van der Waals surface area (Å²) in [6, 6.07) is 2.31. The number of rotatable bonds is 0. The van der Waals surface area contributed by atoms with Crippen LogP contribution in [0.15, 0.2) is 6.07 Å². The van der Waals surface area contributed by atoms with Gasteiger partial charge in [0.15, 0.2) is 0 Å². The monoisotopic (exact) mass is 576 g/mol. The van der Waals surface area contributed by atoms with Gasteiger partial charge in [-0.1, -0.05) is 6.07 Å². The van der Waals surface area contributed by atoms with E-state index in [4.69, 9.17) is 0 Å². The number of phenolic OH excluding ortho intramolecular Hbond substituents is 3. The summed E-state index contributed by atoms with van der Waals surface area (Å²) in [5, 5.41) is 34.3. The van der Waals surface area contributed by atoms with Crippen LogP contribution < -0.4 is 0 Å². The van der Waals surface area contributed by atoms with Crippen molar-refractivity contribution in [1.29, 1.82) is 0 Å². The van der Waals surface area contributed by atoms with Gasteiger partial charge in [0.25, 0.3) is 0 Å². The predicted octanol–water partition coefficient (Wildman–Crippen LogP) is 9.18. The minimum absolute atomic E-state index is 0.340. The fourth-order valence-electron chi connectivity index (χ4n) is 8.05. The highest BCUT2D eigenvalue weighted by Crippen LogP contribution is 2.42. The molecule has 0 heterocycles. The van der Waals surface area contributed by atoms with Crippen molar-refractivity contribution >= 4 is 0 Å². The van der Waals surface area contributed by atoms with Crippen molar-refractivity contribution in [2.24, 2.45) is 0 Å². The first-order chi connectivity index (χ1) is 20.1. The number of aromatic hydroxyl groups is 3. The molecule has 0 atom stereocenters. The van der Waals surface area contributed by atoms with E-state index in [1.165, 1.54) is 55.6 Å². The second-order valence-electron chi connectivity index (χ2n) is 13.3. The average molecular weight is 577 g/mol. The summed E-state index contributed by atoms with van der Waals surface area (Å²) in [7, 11) is 0. The molecule has 3 nitrogen and oxygen atoms in total. The van der Waals surface area contributed by atoms with E-state index in [0.29, 0.717) is 30.1 Å². The summed E-state index contributed by atoms with van der Waals surface area (Å²) in [6.45, 7) is 25.4. The Morgan fingerprint density at radius 1 is 0.302 bits per heavy atom. The summed E-state index contributed by atoms with van der Waals surface area (Å²) in [6.07, 6.45) is 2.76. The van der Waals surface area contributed by atoms with E-state index in [-0.39, 0.29) is 0 Å². The van der Waals surface area contributed by atoms with Crippen LogP contribution in [0.4, 0.5) is 0 Å². The number of benzene rings is 4. The molecular weight excluding hydrogens is 528 g/mol. The Bertz CT molecular complexity index is 1730. The van der Waals surface area contributed by atoms with Gasteiger partial charge in [0.05, 0.1) is 0 Å². The summed E-state index contributed by atoms with van der Waals surface area (Å²) >= 11 is 0. The third kappa shape index (κ3) is 4.63. The van der Waals surface area contributed by atoms with Crippen molar-refractivity contribution in [2.45, 2.75) is 109 Å². The molecule has 0 aromatic heterocycles. The zero-order valence-electron chi connectivity index (χ0n) is 28.2. The van der Waals surface area contributed by atoms with Crippen LogP contribution in [0.5, 0.6) is 17.2 Å². The third-order valence-corrected chi connectivity index (χ3v) is 11.3. The number of aryl methyl sites for hydroxylation is 2. The fourth-order valence-corrected chi connectivity index (χ4v) is 8.05. The van der Waals surface area contributed by atoms with Crippen LogP contribution in [0.25, 0.3) is 0 Å². The molecule has 0 saturated carbocycles. The predicted molar refractivity (Wildman–Crippen MR) is 179 cm³/mol. The topological polar surface area (TPSA) is 60.7 Å². The Morgan fingerprint density at radius 3 is 0.721 bits per heavy atom. The highest BCUT2D eigenvalue weighted by molar-refractivity contribution is 5.63. The van der Waals surface area contributed by atoms with E-state index < -0.39 is 0 Å². The minimum atomic E-state index is 0.340. The molecular formula is C40H48O3. The lowest BCUT2D eigenvalue weighted by Crippen LogP contribution is -2.12. The Balaban J connectivity index is 1.94. The molecule has 1 aliphatic rings. The first-order valence-electron chi connectivity index (χ1n) is 15.6. The first-order valence-corrected chi connectivity index (χ1v) is 15.6. The van der Waals surface area contributed by atoms with Gasteiger partial charge >= 0.3 is 0 Å². The second-order valence-corrected chi connectivity index (χ2v) is 13.3. The zero-order chi connectivity index (χ0) is 31.8. The highest BCUT2D eigenvalue weighted by atomic mass is 16.3. The van der Waals surface area contributed by atoms with Crippen molar-refractivity contribution in [3.05, 3.63) is 117 Å². The quantitative estimate of drug-likeness (QED) is 0.172. The lowest BCUT2D eigenvalue weighted by molar-refractivity contribution is 0.463. The van der Waals surface area contributed by atoms with E-state index in [9.17, 15) is 15.3 Å². The molecule has 0 saturated heterocycles. The van der Waals surface area contributed by atoms with Gasteiger partial charge in [-0.3, -0.25) is 0 Å². The molecule has 3 heteroatoms. The van der Waals surface area contributed by atoms with Crippen LogP contribution in [0, 0.1) is 83.1 Å². The van der Waals surface area contributed by atoms with Gasteiger partial charge in [-0.05, 0) is 220 Å². The van der Waals surface area contributed by atoms with Crippen LogP contribution in [0.1, 0.15) is 111 Å². The Kier molecular flexibility index (Phi) is 7.70. The molecule has 0 aliphatic heterocycles. The lowest BCUT2D eigenvalue weighted by Gasteiger charge is -2.27. The van der Waals surface area contributed by atoms with Crippen LogP contribution in [-0.4, -0.2) is 15.3 Å². The van der Waals surface area contributed by atoms with Gasteiger partial charge < -0.3 is 15.3 Å². The van der Waals surface area contributed by atoms with Crippen LogP contribution in [0.3, 0.4) is 0 Å². The maximum absolute atomic E-state index is 11.5. The van der Waals surface area contributed by atoms with Crippen LogP contribution in [-0.2, 0) is 25.7 Å². The van der Waals surface area contributed by atoms with Crippen molar-refractivity contribution in [1.82, 2.24) is 0 Å². The number of fused-ring (bicyclic) bond motifs is 8. The van der Waals surface area contributed by atoms with Crippen LogP contribution in [0.2, 0.25) is 0 Å². The third-order valence-electron chi connectivity index (χ3n) is 11.3. The molecule has 0 fully saturated rings. The molecule has 1 aliphatic carbocycles. The van der Waals surface area contributed by atoms with Crippen LogP contribution >= 0.6 is 0 Å². The Hall–Kier alpha value is -3.72. The van der Waals surface area contributed by atoms with E-state index in [1.54, 1.807) is 0 Å². The van der Waals surface area contributed by atoms with E-state index in [2.05, 4.69) is 47.6 Å². The number of hydrogen-bond acceptors (Lipinski definition) is 3. The normalized spacial score (nSPS) is 13.0. The lowest BCUT2D eigenvalue weighted by atomic mass is 9.78. The van der Waals surface area contributed by atoms with Crippen molar-refractivity contribution in [2.75, 3.05) is 0 Å². The van der Waals surface area contributed by atoms with Crippen molar-refractivity contribution in [3.63, 3.8) is 0 Å². The van der Waals surface area contributed by atoms with Gasteiger partial charge in [0, 0.05) is 0 Å². The summed E-state index contributed by atoms with van der Waals surface area (Å²) in [5.74, 6) is 1.09. The Labute approximate surface area is 258 Å². The fraction of sp³-hybridized carbons (Fsp3) is 0.400. The molecule has 0 amide bonds. The maximum atomic E-state index is 11.5. The molecule has 43 heavy (non-hydrogen) atoms. The molecule has 0 spiro atoms. The SMILES string of the molecule is Cc1cc(C)c2c(C)c1Cc1c(C)c(O)c(C)c(c1C)Cc1c(C)c(O)c(C)c(c1C)Cc1c(C)c(O)c(C)c(c1C)C2. The maximum Gasteiger partial charge on any atom is 0.121 e. The molecule has 3 N–H and O–H groups in total. The van der Waals surface area contributed by atoms with Gasteiger partial charge in [0.2, 0.25) is 0 Å². The van der Waals surface area contributed by atoms with Gasteiger partial charge in [-0.15, -0.1) is 0 Å². The van der Waals surface area contributed by atoms with Gasteiger partial charge in [0.1, 0.15) is 17.2 Å². The minimum Gasteiger partial charge on any atom is -0.507 e. The highest BCUT2D eigenvalue weighted by Gasteiger charge is 2.26. The first kappa shape index (κ1) is 30.7. The van der Waals surface area contributed by atoms with Crippen molar-refractivity contribution in [3.8, 4) is 17.2 Å². The molecule has 4 aromatic rings. The molecule has 5 rings (SSSR count). The molecule has 0 radical (unpaired) electrons. The average Bonchev–Trinajstić information content (AvgIpc) is 2.96. The molecule has 226 valence electrons. The van der Waals surface area contributed by atoms with Crippen molar-refractivity contribution < 1.29 is 15.3 Å². The largest absolute Gasteiger partial charge is 0.507 e. The zero-order valence-corrected chi connectivity index (χ0v) is 28.2. The van der Waals surface area contributed by atoms with E-state index in [0.717, 1.165) is 68.5 Å². The van der Waals surface area contributed by atoms with E-state index in [1.807, 2.05) is 41.5 Å². The van der Waals surface area contributed by atoms with Gasteiger partial charge in [-0.25, -0.2) is 0 Å². The number of hydrogen-bond donors (Lipinski definition) is 3. The van der Waals surface area contributed by atoms with E-state index >= 15 is 0 Å². The smallest absolute Gasteiger partial charge is 0.121 e. The molecule has 0 unspecified atom stereocenters. The molecule has 4 aromatic carbocycles. The number of phenols is 3. The standard InChI is InChI=1S/C40H48O3/c1-18-13-19(2)31-15-33-22(5)35(27(10)39(42)25(33)8)17-37-23(6)36(28(11)40(43)29(37)12)16-34-21(4)32(14-30(18)20(31)3)24(7)38(41)26(34)9/h13,41-43H,14-17H2,1-12H3. The summed E-state index contributed by atoms with van der Waals surface area (Å²) in [5.41, 5.74) is 22.4. The Morgan fingerprint density at radius 2 is 0.488 bits per heavy atom. The summed E-state index contributed by atoms with van der Waals surface area (Å²) in [4.78, 5) is 0.